The minimum atomic E-state index is -3.54. The first kappa shape index (κ1) is 22.0. The van der Waals surface area contributed by atoms with Crippen molar-refractivity contribution in [2.75, 3.05) is 37.6 Å². The van der Waals surface area contributed by atoms with Gasteiger partial charge in [-0.25, -0.2) is 13.4 Å². The van der Waals surface area contributed by atoms with Crippen molar-refractivity contribution in [1.82, 2.24) is 14.2 Å². The Kier molecular flexibility index (Phi) is 6.50. The molecule has 4 rings (SSSR count). The van der Waals surface area contributed by atoms with Gasteiger partial charge in [-0.2, -0.15) is 4.31 Å². The van der Waals surface area contributed by atoms with Crippen molar-refractivity contribution >= 4 is 33.3 Å². The number of carbonyl (C=O) groups is 1. The minimum absolute atomic E-state index is 0.00367. The highest BCUT2D eigenvalue weighted by molar-refractivity contribution is 7.89. The molecule has 0 N–H and O–H groups in total. The van der Waals surface area contributed by atoms with Crippen LogP contribution in [-0.4, -0.2) is 67.3 Å². The van der Waals surface area contributed by atoms with E-state index in [2.05, 4.69) is 9.88 Å². The molecular formula is C22H27ClN4O3S. The van der Waals surface area contributed by atoms with Crippen LogP contribution in [0.3, 0.4) is 0 Å². The van der Waals surface area contributed by atoms with Gasteiger partial charge in [0.1, 0.15) is 5.82 Å². The van der Waals surface area contributed by atoms with E-state index in [4.69, 9.17) is 11.6 Å². The van der Waals surface area contributed by atoms with Gasteiger partial charge in [-0.3, -0.25) is 4.79 Å². The Hall–Kier alpha value is -2.16. The normalized spacial score (nSPS) is 20.6. The predicted octanol–water partition coefficient (Wildman–Crippen LogP) is 3.26. The van der Waals surface area contributed by atoms with Crippen LogP contribution in [0, 0.1) is 0 Å². The van der Waals surface area contributed by atoms with E-state index in [9.17, 15) is 13.2 Å². The number of sulfonamides is 1. The molecule has 0 bridgehead atoms. The molecule has 31 heavy (non-hydrogen) atoms. The van der Waals surface area contributed by atoms with Gasteiger partial charge in [0.15, 0.2) is 0 Å². The lowest BCUT2D eigenvalue weighted by molar-refractivity contribution is 0.0746. The van der Waals surface area contributed by atoms with E-state index >= 15 is 0 Å². The maximum Gasteiger partial charge on any atom is 0.253 e. The van der Waals surface area contributed by atoms with Crippen LogP contribution < -0.4 is 4.90 Å². The Bertz CT molecular complexity index is 1040. The number of hydrogen-bond acceptors (Lipinski definition) is 5. The summed E-state index contributed by atoms with van der Waals surface area (Å²) in [6.45, 7) is 4.89. The number of nitrogens with zero attached hydrogens (tertiary/aromatic N) is 4. The summed E-state index contributed by atoms with van der Waals surface area (Å²) < 4.78 is 27.6. The van der Waals surface area contributed by atoms with Crippen LogP contribution in [0.1, 0.15) is 36.5 Å². The predicted molar refractivity (Wildman–Crippen MR) is 121 cm³/mol. The average molecular weight is 463 g/mol. The molecular weight excluding hydrogens is 436 g/mol. The smallest absolute Gasteiger partial charge is 0.253 e. The summed E-state index contributed by atoms with van der Waals surface area (Å²) in [5.74, 6) is 0.639. The molecule has 2 fully saturated rings. The molecule has 0 spiro atoms. The number of piperidine rings is 1. The van der Waals surface area contributed by atoms with Gasteiger partial charge in [-0.1, -0.05) is 18.0 Å². The zero-order chi connectivity index (χ0) is 22.0. The average Bonchev–Trinajstić information content (AvgIpc) is 2.79. The number of pyridine rings is 1. The fourth-order valence-electron chi connectivity index (χ4n) is 4.25. The van der Waals surface area contributed by atoms with Crippen LogP contribution in [0.15, 0.2) is 47.5 Å². The molecule has 166 valence electrons. The Labute approximate surface area is 188 Å². The first-order valence-electron chi connectivity index (χ1n) is 10.6. The fourth-order valence-corrected chi connectivity index (χ4v) is 6.19. The second kappa shape index (κ2) is 9.14. The number of piperazine rings is 1. The third-order valence-electron chi connectivity index (χ3n) is 6.06. The number of hydrogen-bond donors (Lipinski definition) is 0. The van der Waals surface area contributed by atoms with Crippen molar-refractivity contribution in [2.24, 2.45) is 0 Å². The van der Waals surface area contributed by atoms with Crippen molar-refractivity contribution in [3.63, 3.8) is 0 Å². The summed E-state index contributed by atoms with van der Waals surface area (Å²) in [7, 11) is -3.54. The number of carbonyl (C=O) groups excluding carboxylic acids is 1. The highest BCUT2D eigenvalue weighted by atomic mass is 35.5. The lowest BCUT2D eigenvalue weighted by Crippen LogP contribution is -2.49. The van der Waals surface area contributed by atoms with Crippen LogP contribution in [0.2, 0.25) is 5.02 Å². The Balaban J connectivity index is 1.41. The maximum atomic E-state index is 13.0. The topological polar surface area (TPSA) is 73.8 Å². The quantitative estimate of drug-likeness (QED) is 0.697. The van der Waals surface area contributed by atoms with Crippen molar-refractivity contribution in [3.05, 3.63) is 53.2 Å². The van der Waals surface area contributed by atoms with Crippen LogP contribution in [-0.2, 0) is 10.0 Å². The van der Waals surface area contributed by atoms with Gasteiger partial charge >= 0.3 is 0 Å². The van der Waals surface area contributed by atoms with Gasteiger partial charge in [0, 0.05) is 50.5 Å². The lowest BCUT2D eigenvalue weighted by atomic mass is 10.1. The van der Waals surface area contributed by atoms with Gasteiger partial charge < -0.3 is 9.80 Å². The molecule has 0 saturated carbocycles. The summed E-state index contributed by atoms with van der Waals surface area (Å²) >= 11 is 6.23. The number of anilines is 1. The van der Waals surface area contributed by atoms with Crippen molar-refractivity contribution in [1.29, 1.82) is 0 Å². The highest BCUT2D eigenvalue weighted by Gasteiger charge is 2.31. The Morgan fingerprint density at radius 3 is 2.39 bits per heavy atom. The molecule has 3 heterocycles. The van der Waals surface area contributed by atoms with Crippen molar-refractivity contribution in [2.45, 2.75) is 37.1 Å². The van der Waals surface area contributed by atoms with Gasteiger partial charge in [-0.15, -0.1) is 0 Å². The number of amides is 1. The molecule has 0 radical (unpaired) electrons. The monoisotopic (exact) mass is 462 g/mol. The van der Waals surface area contributed by atoms with E-state index < -0.39 is 10.0 Å². The summed E-state index contributed by atoms with van der Waals surface area (Å²) in [6, 6.07) is 9.94. The van der Waals surface area contributed by atoms with E-state index in [1.807, 2.05) is 13.0 Å². The second-order valence-corrected chi connectivity index (χ2v) is 10.4. The summed E-state index contributed by atoms with van der Waals surface area (Å²) in [4.78, 5) is 21.4. The Morgan fingerprint density at radius 1 is 1.03 bits per heavy atom. The van der Waals surface area contributed by atoms with E-state index in [-0.39, 0.29) is 16.8 Å². The molecule has 9 heteroatoms. The second-order valence-electron chi connectivity index (χ2n) is 8.07. The van der Waals surface area contributed by atoms with Crippen LogP contribution in [0.4, 0.5) is 5.82 Å². The summed E-state index contributed by atoms with van der Waals surface area (Å²) in [5.41, 5.74) is 0.495. The maximum absolute atomic E-state index is 13.0. The van der Waals surface area contributed by atoms with Gasteiger partial charge in [-0.05, 0) is 56.2 Å². The first-order valence-corrected chi connectivity index (χ1v) is 12.5. The number of benzene rings is 1. The molecule has 2 aliphatic heterocycles. The molecule has 2 saturated heterocycles. The van der Waals surface area contributed by atoms with Crippen molar-refractivity contribution < 1.29 is 13.2 Å². The number of halogens is 1. The van der Waals surface area contributed by atoms with Crippen LogP contribution in [0.5, 0.6) is 0 Å². The fraction of sp³-hybridized carbons (Fsp3) is 0.455. The number of rotatable bonds is 4. The molecule has 1 amide bonds. The molecule has 2 aliphatic rings. The van der Waals surface area contributed by atoms with Gasteiger partial charge in [0.25, 0.3) is 5.91 Å². The molecule has 7 nitrogen and oxygen atoms in total. The van der Waals surface area contributed by atoms with Gasteiger partial charge in [0.2, 0.25) is 10.0 Å². The highest BCUT2D eigenvalue weighted by Crippen LogP contribution is 2.26. The SMILES string of the molecule is CC1CCCCN1S(=O)(=O)c1ccc(C(=O)N2CCN(c3ncccc3Cl)CC2)cc1. The van der Waals surface area contributed by atoms with Crippen LogP contribution >= 0.6 is 11.6 Å². The molecule has 1 unspecified atom stereocenters. The molecule has 1 aromatic carbocycles. The van der Waals surface area contributed by atoms with E-state index in [0.717, 1.165) is 25.1 Å². The largest absolute Gasteiger partial charge is 0.352 e. The Morgan fingerprint density at radius 2 is 1.74 bits per heavy atom. The van der Waals surface area contributed by atoms with Crippen molar-refractivity contribution in [3.8, 4) is 0 Å². The van der Waals surface area contributed by atoms with Gasteiger partial charge in [0.05, 0.1) is 9.92 Å². The minimum Gasteiger partial charge on any atom is -0.352 e. The zero-order valence-electron chi connectivity index (χ0n) is 17.6. The van der Waals surface area contributed by atoms with Crippen LogP contribution in [0.25, 0.3) is 0 Å². The molecule has 2 aromatic rings. The summed E-state index contributed by atoms with van der Waals surface area (Å²) in [5, 5.41) is 0.599. The molecule has 1 aromatic heterocycles. The van der Waals surface area contributed by atoms with E-state index in [1.165, 1.54) is 0 Å². The third kappa shape index (κ3) is 4.56. The summed E-state index contributed by atoms with van der Waals surface area (Å²) in [6.07, 6.45) is 4.53. The molecule has 0 aliphatic carbocycles. The standard InChI is InChI=1S/C22H27ClN4O3S/c1-17-5-2-3-12-27(17)31(29,30)19-9-7-18(8-10-19)22(28)26-15-13-25(14-16-26)21-20(23)6-4-11-24-21/h4,6-11,17H,2-3,5,12-16H2,1H3. The zero-order valence-corrected chi connectivity index (χ0v) is 19.1. The molecule has 1 atom stereocenters. The lowest BCUT2D eigenvalue weighted by Gasteiger charge is -2.35. The van der Waals surface area contributed by atoms with E-state index in [0.29, 0.717) is 43.3 Å². The first-order chi connectivity index (χ1) is 14.9. The third-order valence-corrected chi connectivity index (χ3v) is 8.38. The van der Waals surface area contributed by atoms with E-state index in [1.54, 1.807) is 45.7 Å². The number of aromatic nitrogens is 1.